The molecular weight excluding hydrogens is 276 g/mol. The Morgan fingerprint density at radius 1 is 1.20 bits per heavy atom. The summed E-state index contributed by atoms with van der Waals surface area (Å²) in [5.74, 6) is 0.0999. The van der Waals surface area contributed by atoms with E-state index in [-0.39, 0.29) is 17.1 Å². The third-order valence-electron chi connectivity index (χ3n) is 3.06. The number of rotatable bonds is 5. The van der Waals surface area contributed by atoms with Crippen molar-refractivity contribution in [2.75, 3.05) is 0 Å². The zero-order valence-corrected chi connectivity index (χ0v) is 12.2. The Morgan fingerprint density at radius 3 is 2.35 bits per heavy atom. The Bertz CT molecular complexity index is 682. The summed E-state index contributed by atoms with van der Waals surface area (Å²) in [7, 11) is -3.65. The third kappa shape index (κ3) is 2.99. The van der Waals surface area contributed by atoms with Gasteiger partial charge in [-0.05, 0) is 38.1 Å². The molecule has 0 fully saturated rings. The van der Waals surface area contributed by atoms with E-state index in [1.807, 2.05) is 6.92 Å². The number of hydrogen-bond donors (Lipinski definition) is 0. The molecular formula is C15H16O4S. The van der Waals surface area contributed by atoms with E-state index in [0.717, 1.165) is 5.56 Å². The molecule has 4 nitrogen and oxygen atoms in total. The van der Waals surface area contributed by atoms with E-state index in [2.05, 4.69) is 0 Å². The van der Waals surface area contributed by atoms with Crippen molar-refractivity contribution in [1.29, 1.82) is 0 Å². The van der Waals surface area contributed by atoms with Crippen LogP contribution < -0.4 is 0 Å². The van der Waals surface area contributed by atoms with Gasteiger partial charge < -0.3 is 4.42 Å². The molecule has 0 saturated heterocycles. The summed E-state index contributed by atoms with van der Waals surface area (Å²) in [6.07, 6.45) is 1.32. The lowest BCUT2D eigenvalue weighted by Crippen LogP contribution is -2.16. The maximum absolute atomic E-state index is 12.7. The van der Waals surface area contributed by atoms with Crippen molar-refractivity contribution in [2.24, 2.45) is 0 Å². The quantitative estimate of drug-likeness (QED) is 0.849. The molecule has 20 heavy (non-hydrogen) atoms. The van der Waals surface area contributed by atoms with E-state index in [1.165, 1.54) is 13.2 Å². The highest BCUT2D eigenvalue weighted by Crippen LogP contribution is 2.32. The molecule has 106 valence electrons. The molecule has 0 bridgehead atoms. The van der Waals surface area contributed by atoms with Crippen LogP contribution in [0.15, 0.2) is 52.0 Å². The molecule has 5 heteroatoms. The maximum Gasteiger partial charge on any atom is 0.188 e. The van der Waals surface area contributed by atoms with Gasteiger partial charge in [0, 0.05) is 6.42 Å². The summed E-state index contributed by atoms with van der Waals surface area (Å²) >= 11 is 0. The van der Waals surface area contributed by atoms with Gasteiger partial charge in [-0.1, -0.05) is 17.7 Å². The first kappa shape index (κ1) is 14.5. The van der Waals surface area contributed by atoms with Crippen LogP contribution in [0.1, 0.15) is 29.9 Å². The minimum Gasteiger partial charge on any atom is -0.468 e. The molecule has 2 rings (SSSR count). The van der Waals surface area contributed by atoms with Crippen LogP contribution in [0.25, 0.3) is 0 Å². The van der Waals surface area contributed by atoms with Gasteiger partial charge in [-0.2, -0.15) is 0 Å². The average molecular weight is 292 g/mol. The first-order chi connectivity index (χ1) is 9.41. The Balaban J connectivity index is 2.46. The number of sulfone groups is 1. The number of furan rings is 1. The van der Waals surface area contributed by atoms with Crippen molar-refractivity contribution < 1.29 is 17.6 Å². The van der Waals surface area contributed by atoms with Gasteiger partial charge in [0.05, 0.1) is 11.2 Å². The lowest BCUT2D eigenvalue weighted by atomic mass is 10.2. The van der Waals surface area contributed by atoms with E-state index < -0.39 is 15.1 Å². The van der Waals surface area contributed by atoms with Crippen LogP contribution in [-0.2, 0) is 14.6 Å². The van der Waals surface area contributed by atoms with E-state index in [9.17, 15) is 13.2 Å². The van der Waals surface area contributed by atoms with Crippen molar-refractivity contribution in [3.8, 4) is 0 Å². The number of ketones is 1. The lowest BCUT2D eigenvalue weighted by molar-refractivity contribution is -0.117. The normalized spacial score (nSPS) is 13.1. The molecule has 1 aromatic heterocycles. The zero-order chi connectivity index (χ0) is 14.8. The van der Waals surface area contributed by atoms with Crippen LogP contribution in [0.2, 0.25) is 0 Å². The fourth-order valence-corrected chi connectivity index (χ4v) is 3.73. The smallest absolute Gasteiger partial charge is 0.188 e. The second-order valence-corrected chi connectivity index (χ2v) is 6.90. The molecule has 1 heterocycles. The number of benzene rings is 1. The van der Waals surface area contributed by atoms with Crippen molar-refractivity contribution >= 4 is 15.6 Å². The molecule has 0 radical (unpaired) electrons. The van der Waals surface area contributed by atoms with Crippen LogP contribution in [0.4, 0.5) is 0 Å². The Hall–Kier alpha value is -1.88. The first-order valence-electron chi connectivity index (χ1n) is 6.24. The van der Waals surface area contributed by atoms with Crippen molar-refractivity contribution in [3.05, 3.63) is 54.0 Å². The maximum atomic E-state index is 12.7. The highest BCUT2D eigenvalue weighted by Gasteiger charge is 2.32. The Kier molecular flexibility index (Phi) is 4.09. The lowest BCUT2D eigenvalue weighted by Gasteiger charge is -2.14. The zero-order valence-electron chi connectivity index (χ0n) is 11.4. The van der Waals surface area contributed by atoms with Gasteiger partial charge in [0.25, 0.3) is 0 Å². The molecule has 0 amide bonds. The molecule has 2 aromatic rings. The summed E-state index contributed by atoms with van der Waals surface area (Å²) < 4.78 is 30.5. The molecule has 0 N–H and O–H groups in total. The van der Waals surface area contributed by atoms with Gasteiger partial charge >= 0.3 is 0 Å². The predicted molar refractivity (Wildman–Crippen MR) is 75.1 cm³/mol. The monoisotopic (exact) mass is 292 g/mol. The van der Waals surface area contributed by atoms with Crippen molar-refractivity contribution in [3.63, 3.8) is 0 Å². The minimum atomic E-state index is -3.65. The van der Waals surface area contributed by atoms with Crippen LogP contribution in [0, 0.1) is 6.92 Å². The molecule has 1 atom stereocenters. The first-order valence-corrected chi connectivity index (χ1v) is 7.79. The average Bonchev–Trinajstić information content (AvgIpc) is 2.89. The fraction of sp³-hybridized carbons (Fsp3) is 0.267. The Labute approximate surface area is 118 Å². The largest absolute Gasteiger partial charge is 0.468 e. The van der Waals surface area contributed by atoms with E-state index >= 15 is 0 Å². The van der Waals surface area contributed by atoms with Gasteiger partial charge in [0.2, 0.25) is 0 Å². The summed E-state index contributed by atoms with van der Waals surface area (Å²) in [4.78, 5) is 11.6. The van der Waals surface area contributed by atoms with Crippen LogP contribution in [-0.4, -0.2) is 14.2 Å². The van der Waals surface area contributed by atoms with Crippen LogP contribution in [0.5, 0.6) is 0 Å². The molecule has 0 spiro atoms. The summed E-state index contributed by atoms with van der Waals surface area (Å²) in [6.45, 7) is 3.26. The highest BCUT2D eigenvalue weighted by atomic mass is 32.2. The summed E-state index contributed by atoms with van der Waals surface area (Å²) in [5, 5.41) is -0.974. The SMILES string of the molecule is CC(=O)CC(c1ccco1)S(=O)(=O)c1ccc(C)cc1. The summed E-state index contributed by atoms with van der Waals surface area (Å²) in [6, 6.07) is 9.79. The fourth-order valence-electron chi connectivity index (χ4n) is 1.99. The second-order valence-electron chi connectivity index (χ2n) is 4.77. The van der Waals surface area contributed by atoms with Crippen LogP contribution >= 0.6 is 0 Å². The number of carbonyl (C=O) groups excluding carboxylic acids is 1. The van der Waals surface area contributed by atoms with Crippen molar-refractivity contribution in [2.45, 2.75) is 30.4 Å². The van der Waals surface area contributed by atoms with E-state index in [1.54, 1.807) is 36.4 Å². The predicted octanol–water partition coefficient (Wildman–Crippen LogP) is 3.08. The number of aryl methyl sites for hydroxylation is 1. The molecule has 1 unspecified atom stereocenters. The Morgan fingerprint density at radius 2 is 1.85 bits per heavy atom. The van der Waals surface area contributed by atoms with E-state index in [0.29, 0.717) is 5.76 Å². The van der Waals surface area contributed by atoms with Gasteiger partial charge in [-0.3, -0.25) is 4.79 Å². The number of carbonyl (C=O) groups is 1. The highest BCUT2D eigenvalue weighted by molar-refractivity contribution is 7.91. The van der Waals surface area contributed by atoms with Gasteiger partial charge in [0.15, 0.2) is 9.84 Å². The van der Waals surface area contributed by atoms with Crippen molar-refractivity contribution in [1.82, 2.24) is 0 Å². The second kappa shape index (κ2) is 5.63. The topological polar surface area (TPSA) is 64.3 Å². The number of Topliss-reactive ketones (excluding diaryl/α,β-unsaturated/α-hetero) is 1. The van der Waals surface area contributed by atoms with Gasteiger partial charge in [-0.15, -0.1) is 0 Å². The third-order valence-corrected chi connectivity index (χ3v) is 5.13. The van der Waals surface area contributed by atoms with Gasteiger partial charge in [-0.25, -0.2) is 8.42 Å². The molecule has 0 aliphatic rings. The molecule has 1 aromatic carbocycles. The number of hydrogen-bond acceptors (Lipinski definition) is 4. The summed E-state index contributed by atoms with van der Waals surface area (Å²) in [5.41, 5.74) is 0.977. The van der Waals surface area contributed by atoms with Gasteiger partial charge in [0.1, 0.15) is 16.8 Å². The molecule has 0 saturated carbocycles. The standard InChI is InChI=1S/C15H16O4S/c1-11-5-7-13(8-6-11)20(17,18)15(10-12(2)16)14-4-3-9-19-14/h3-9,15H,10H2,1-2H3. The van der Waals surface area contributed by atoms with E-state index in [4.69, 9.17) is 4.42 Å². The minimum absolute atomic E-state index is 0.0935. The molecule has 0 aliphatic heterocycles. The molecule has 0 aliphatic carbocycles. The van der Waals surface area contributed by atoms with Crippen LogP contribution in [0.3, 0.4) is 0 Å².